The van der Waals surface area contributed by atoms with Gasteiger partial charge in [0.25, 0.3) is 0 Å². The van der Waals surface area contributed by atoms with Crippen molar-refractivity contribution in [2.45, 2.75) is 70.3 Å². The molecule has 2 aliphatic rings. The molecule has 0 radical (unpaired) electrons. The summed E-state index contributed by atoms with van der Waals surface area (Å²) in [5.74, 6) is 2.09. The summed E-state index contributed by atoms with van der Waals surface area (Å²) < 4.78 is 0. The standard InChI is InChI=1S/C15H26ClNO/c16-11-13-8-5-9-14(13)17-15(18)10-12-6-3-1-2-4-7-12/h12-14H,1-11H2,(H,17,18). The highest BCUT2D eigenvalue weighted by Gasteiger charge is 2.28. The first-order chi connectivity index (χ1) is 8.79. The molecule has 104 valence electrons. The van der Waals surface area contributed by atoms with Gasteiger partial charge in [-0.05, 0) is 37.5 Å². The van der Waals surface area contributed by atoms with E-state index in [0.717, 1.165) is 12.8 Å². The number of hydrogen-bond acceptors (Lipinski definition) is 1. The van der Waals surface area contributed by atoms with Crippen LogP contribution in [0.2, 0.25) is 0 Å². The lowest BCUT2D eigenvalue weighted by molar-refractivity contribution is -0.123. The third-order valence-electron chi connectivity index (χ3n) is 4.65. The van der Waals surface area contributed by atoms with Gasteiger partial charge >= 0.3 is 0 Å². The van der Waals surface area contributed by atoms with Gasteiger partial charge in [-0.25, -0.2) is 0 Å². The molecular formula is C15H26ClNO. The second-order valence-electron chi connectivity index (χ2n) is 6.08. The fraction of sp³-hybridized carbons (Fsp3) is 0.933. The lowest BCUT2D eigenvalue weighted by Crippen LogP contribution is -2.38. The van der Waals surface area contributed by atoms with Gasteiger partial charge in [-0.2, -0.15) is 0 Å². The lowest BCUT2D eigenvalue weighted by atomic mass is 9.96. The van der Waals surface area contributed by atoms with Crippen molar-refractivity contribution >= 4 is 17.5 Å². The van der Waals surface area contributed by atoms with Crippen LogP contribution in [0.3, 0.4) is 0 Å². The Balaban J connectivity index is 1.73. The average Bonchev–Trinajstić information content (AvgIpc) is 2.64. The Morgan fingerprint density at radius 3 is 2.39 bits per heavy atom. The van der Waals surface area contributed by atoms with E-state index in [-0.39, 0.29) is 5.91 Å². The van der Waals surface area contributed by atoms with Crippen LogP contribution < -0.4 is 5.32 Å². The van der Waals surface area contributed by atoms with Crippen LogP contribution in [0.15, 0.2) is 0 Å². The van der Waals surface area contributed by atoms with E-state index in [1.165, 1.54) is 51.4 Å². The monoisotopic (exact) mass is 271 g/mol. The maximum absolute atomic E-state index is 12.1. The first-order valence-corrected chi connectivity index (χ1v) is 8.18. The fourth-order valence-electron chi connectivity index (χ4n) is 3.51. The van der Waals surface area contributed by atoms with E-state index >= 15 is 0 Å². The van der Waals surface area contributed by atoms with Crippen molar-refractivity contribution in [2.75, 3.05) is 5.88 Å². The highest BCUT2D eigenvalue weighted by Crippen LogP contribution is 2.28. The molecule has 2 nitrogen and oxygen atoms in total. The topological polar surface area (TPSA) is 29.1 Å². The minimum atomic E-state index is 0.268. The molecule has 3 heteroatoms. The van der Waals surface area contributed by atoms with Gasteiger partial charge in [0.15, 0.2) is 0 Å². The van der Waals surface area contributed by atoms with Crippen molar-refractivity contribution in [3.63, 3.8) is 0 Å². The van der Waals surface area contributed by atoms with Crippen molar-refractivity contribution in [1.82, 2.24) is 5.32 Å². The van der Waals surface area contributed by atoms with Gasteiger partial charge in [0.1, 0.15) is 0 Å². The van der Waals surface area contributed by atoms with E-state index in [4.69, 9.17) is 11.6 Å². The number of halogens is 1. The minimum absolute atomic E-state index is 0.268. The molecule has 2 saturated carbocycles. The third-order valence-corrected chi connectivity index (χ3v) is 5.05. The van der Waals surface area contributed by atoms with Crippen LogP contribution in [0, 0.1) is 11.8 Å². The SMILES string of the molecule is O=C(CC1CCCCCC1)NC1CCCC1CCl. The van der Waals surface area contributed by atoms with Gasteiger partial charge in [0.05, 0.1) is 0 Å². The summed E-state index contributed by atoms with van der Waals surface area (Å²) in [5.41, 5.74) is 0. The molecule has 0 aromatic carbocycles. The normalized spacial score (nSPS) is 30.1. The quantitative estimate of drug-likeness (QED) is 0.610. The zero-order valence-electron chi connectivity index (χ0n) is 11.3. The number of amides is 1. The Hall–Kier alpha value is -0.240. The van der Waals surface area contributed by atoms with Crippen molar-refractivity contribution in [3.8, 4) is 0 Å². The van der Waals surface area contributed by atoms with Crippen molar-refractivity contribution in [2.24, 2.45) is 11.8 Å². The molecule has 2 fully saturated rings. The van der Waals surface area contributed by atoms with E-state index in [2.05, 4.69) is 5.32 Å². The van der Waals surface area contributed by atoms with Gasteiger partial charge in [0, 0.05) is 18.3 Å². The molecule has 2 aliphatic carbocycles. The van der Waals surface area contributed by atoms with Gasteiger partial charge in [-0.15, -0.1) is 11.6 Å². The molecule has 1 amide bonds. The number of carbonyl (C=O) groups is 1. The summed E-state index contributed by atoms with van der Waals surface area (Å²) in [5, 5.41) is 3.22. The zero-order valence-corrected chi connectivity index (χ0v) is 12.1. The van der Waals surface area contributed by atoms with Crippen LogP contribution in [-0.2, 0) is 4.79 Å². The maximum atomic E-state index is 12.1. The van der Waals surface area contributed by atoms with Gasteiger partial charge in [-0.3, -0.25) is 4.79 Å². The molecule has 0 spiro atoms. The molecule has 2 rings (SSSR count). The first-order valence-electron chi connectivity index (χ1n) is 7.65. The number of nitrogens with one attached hydrogen (secondary N) is 1. The summed E-state index contributed by atoms with van der Waals surface area (Å²) >= 11 is 5.95. The summed E-state index contributed by atoms with van der Waals surface area (Å²) in [7, 11) is 0. The van der Waals surface area contributed by atoms with Crippen molar-refractivity contribution in [1.29, 1.82) is 0 Å². The summed E-state index contributed by atoms with van der Waals surface area (Å²) in [6.07, 6.45) is 12.1. The molecule has 0 bridgehead atoms. The molecule has 0 aromatic rings. The van der Waals surface area contributed by atoms with E-state index in [1.54, 1.807) is 0 Å². The Bertz CT molecular complexity index is 261. The van der Waals surface area contributed by atoms with E-state index in [0.29, 0.717) is 23.8 Å². The van der Waals surface area contributed by atoms with Crippen LogP contribution in [0.4, 0.5) is 0 Å². The Labute approximate surface area is 116 Å². The molecule has 1 N–H and O–H groups in total. The number of alkyl halides is 1. The van der Waals surface area contributed by atoms with Crippen LogP contribution in [0.1, 0.15) is 64.2 Å². The fourth-order valence-corrected chi connectivity index (χ4v) is 3.88. The molecule has 0 saturated heterocycles. The van der Waals surface area contributed by atoms with Gasteiger partial charge in [0.2, 0.25) is 5.91 Å². The van der Waals surface area contributed by atoms with Crippen molar-refractivity contribution < 1.29 is 4.79 Å². The highest BCUT2D eigenvalue weighted by molar-refractivity contribution is 6.18. The van der Waals surface area contributed by atoms with Crippen LogP contribution in [0.25, 0.3) is 0 Å². The van der Waals surface area contributed by atoms with Crippen LogP contribution >= 0.6 is 11.6 Å². The molecule has 2 unspecified atom stereocenters. The number of rotatable bonds is 4. The summed E-state index contributed by atoms with van der Waals surface area (Å²) in [6.45, 7) is 0. The molecule has 0 aromatic heterocycles. The lowest BCUT2D eigenvalue weighted by Gasteiger charge is -2.21. The van der Waals surface area contributed by atoms with E-state index < -0.39 is 0 Å². The zero-order chi connectivity index (χ0) is 12.8. The highest BCUT2D eigenvalue weighted by atomic mass is 35.5. The molecule has 2 atom stereocenters. The average molecular weight is 272 g/mol. The van der Waals surface area contributed by atoms with E-state index in [1.807, 2.05) is 0 Å². The Morgan fingerprint density at radius 2 is 1.72 bits per heavy atom. The van der Waals surface area contributed by atoms with E-state index in [9.17, 15) is 4.79 Å². The van der Waals surface area contributed by atoms with Crippen molar-refractivity contribution in [3.05, 3.63) is 0 Å². The number of hydrogen-bond donors (Lipinski definition) is 1. The van der Waals surface area contributed by atoms with Crippen LogP contribution in [0.5, 0.6) is 0 Å². The van der Waals surface area contributed by atoms with Gasteiger partial charge in [-0.1, -0.05) is 32.1 Å². The molecule has 0 aliphatic heterocycles. The maximum Gasteiger partial charge on any atom is 0.220 e. The molecular weight excluding hydrogens is 246 g/mol. The van der Waals surface area contributed by atoms with Crippen LogP contribution in [-0.4, -0.2) is 17.8 Å². The Kier molecular flexibility index (Phi) is 5.81. The van der Waals surface area contributed by atoms with Gasteiger partial charge < -0.3 is 5.32 Å². The predicted molar refractivity (Wildman–Crippen MR) is 75.8 cm³/mol. The minimum Gasteiger partial charge on any atom is -0.353 e. The predicted octanol–water partition coefficient (Wildman–Crippen LogP) is 3.87. The molecule has 18 heavy (non-hydrogen) atoms. The third kappa shape index (κ3) is 4.15. The Morgan fingerprint density at radius 1 is 1.00 bits per heavy atom. The summed E-state index contributed by atoms with van der Waals surface area (Å²) in [4.78, 5) is 12.1. The summed E-state index contributed by atoms with van der Waals surface area (Å²) in [6, 6.07) is 0.348. The molecule has 0 heterocycles. The smallest absolute Gasteiger partial charge is 0.220 e. The second-order valence-corrected chi connectivity index (χ2v) is 6.39. The first kappa shape index (κ1) is 14.2. The second kappa shape index (κ2) is 7.37. The number of carbonyl (C=O) groups excluding carboxylic acids is 1. The largest absolute Gasteiger partial charge is 0.353 e.